The minimum absolute atomic E-state index is 0.0709. The molecule has 2 rings (SSSR count). The van der Waals surface area contributed by atoms with E-state index in [-0.39, 0.29) is 17.1 Å². The summed E-state index contributed by atoms with van der Waals surface area (Å²) in [6.45, 7) is 0. The zero-order valence-corrected chi connectivity index (χ0v) is 17.1. The molecule has 1 aliphatic heterocycles. The monoisotopic (exact) mass is 415 g/mol. The molecule has 0 aliphatic carbocycles. The number of carbonyl (C=O) groups excluding carboxylic acids is 2. The van der Waals surface area contributed by atoms with Crippen molar-refractivity contribution >= 4 is 33.8 Å². The molecule has 1 amide bonds. The van der Waals surface area contributed by atoms with E-state index in [9.17, 15) is 18.0 Å². The Bertz CT molecular complexity index is 737. The van der Waals surface area contributed by atoms with Gasteiger partial charge in [0, 0.05) is 23.0 Å². The molecule has 1 aromatic carbocycles. The van der Waals surface area contributed by atoms with E-state index in [4.69, 9.17) is 4.18 Å². The molecular weight excluding hydrogens is 390 g/mol. The van der Waals surface area contributed by atoms with Crippen LogP contribution in [0.3, 0.4) is 0 Å². The number of hydrogen-bond donors (Lipinski definition) is 1. The first-order valence-corrected chi connectivity index (χ1v) is 11.6. The predicted octanol–water partition coefficient (Wildman–Crippen LogP) is 1.98. The van der Waals surface area contributed by atoms with Gasteiger partial charge in [-0.15, -0.1) is 0 Å². The summed E-state index contributed by atoms with van der Waals surface area (Å²) in [6, 6.07) is 8.37. The Morgan fingerprint density at radius 3 is 2.56 bits per heavy atom. The van der Waals surface area contributed by atoms with E-state index in [1.165, 1.54) is 7.11 Å². The van der Waals surface area contributed by atoms with Crippen molar-refractivity contribution in [3.63, 3.8) is 0 Å². The van der Waals surface area contributed by atoms with Gasteiger partial charge in [-0.25, -0.2) is 0 Å². The largest absolute Gasteiger partial charge is 0.469 e. The number of unbranched alkanes of at least 4 members (excludes halogenated alkanes) is 1. The van der Waals surface area contributed by atoms with Gasteiger partial charge in [-0.1, -0.05) is 24.6 Å². The van der Waals surface area contributed by atoms with E-state index in [1.807, 2.05) is 6.07 Å². The second-order valence-electron chi connectivity index (χ2n) is 6.40. The molecule has 9 heteroatoms. The zero-order chi connectivity index (χ0) is 19.9. The summed E-state index contributed by atoms with van der Waals surface area (Å²) in [4.78, 5) is 23.6. The Balaban J connectivity index is 1.97. The standard InChI is InChI=1S/C18H25NO6S2/c1-24-16(20)11-7-6-10-15-17(25-27(2,22)23)14(12-26-15)19-18(21)13-8-4-3-5-9-13/h3-5,8-9,14-15,17H,6-7,10-12H2,1-2H3,(H,19,21)/t14-,15+,17-/m1/s1. The number of esters is 1. The third kappa shape index (κ3) is 7.15. The van der Waals surface area contributed by atoms with Crippen molar-refractivity contribution < 1.29 is 26.9 Å². The second-order valence-corrected chi connectivity index (χ2v) is 9.28. The lowest BCUT2D eigenvalue weighted by Crippen LogP contribution is -2.46. The fourth-order valence-corrected chi connectivity index (χ4v) is 5.17. The van der Waals surface area contributed by atoms with Crippen molar-refractivity contribution in [2.24, 2.45) is 0 Å². The number of hydrogen-bond acceptors (Lipinski definition) is 7. The fourth-order valence-electron chi connectivity index (χ4n) is 2.94. The van der Waals surface area contributed by atoms with Crippen LogP contribution < -0.4 is 5.32 Å². The van der Waals surface area contributed by atoms with Crippen LogP contribution in [0.25, 0.3) is 0 Å². The summed E-state index contributed by atoms with van der Waals surface area (Å²) in [5, 5.41) is 2.82. The average molecular weight is 416 g/mol. The van der Waals surface area contributed by atoms with Crippen LogP contribution in [0.1, 0.15) is 36.0 Å². The maximum Gasteiger partial charge on any atom is 0.305 e. The normalized spacial score (nSPS) is 22.4. The van der Waals surface area contributed by atoms with Gasteiger partial charge < -0.3 is 10.1 Å². The topological polar surface area (TPSA) is 98.8 Å². The molecule has 1 aliphatic rings. The smallest absolute Gasteiger partial charge is 0.305 e. The molecule has 7 nitrogen and oxygen atoms in total. The highest BCUT2D eigenvalue weighted by Crippen LogP contribution is 2.34. The summed E-state index contributed by atoms with van der Waals surface area (Å²) in [6.07, 6.45) is 2.82. The van der Waals surface area contributed by atoms with E-state index >= 15 is 0 Å². The molecule has 0 radical (unpaired) electrons. The summed E-state index contributed by atoms with van der Waals surface area (Å²) in [5.41, 5.74) is 0.516. The number of amides is 1. The fraction of sp³-hybridized carbons (Fsp3) is 0.556. The molecule has 150 valence electrons. The molecule has 1 N–H and O–H groups in total. The number of rotatable bonds is 9. The number of thioether (sulfide) groups is 1. The quantitative estimate of drug-likeness (QED) is 0.374. The van der Waals surface area contributed by atoms with Crippen LogP contribution in [0.4, 0.5) is 0 Å². The molecule has 0 unspecified atom stereocenters. The molecule has 0 saturated carbocycles. The van der Waals surface area contributed by atoms with Crippen LogP contribution in [0.15, 0.2) is 30.3 Å². The minimum Gasteiger partial charge on any atom is -0.469 e. The van der Waals surface area contributed by atoms with Crippen molar-refractivity contribution in [3.05, 3.63) is 35.9 Å². The maximum absolute atomic E-state index is 12.4. The van der Waals surface area contributed by atoms with E-state index in [1.54, 1.807) is 36.0 Å². The molecule has 0 bridgehead atoms. The molecule has 0 spiro atoms. The van der Waals surface area contributed by atoms with Gasteiger partial charge in [-0.05, 0) is 25.0 Å². The van der Waals surface area contributed by atoms with Crippen molar-refractivity contribution in [2.45, 2.75) is 43.1 Å². The number of ether oxygens (including phenoxy) is 1. The summed E-state index contributed by atoms with van der Waals surface area (Å²) in [7, 11) is -2.31. The van der Waals surface area contributed by atoms with E-state index in [0.717, 1.165) is 12.7 Å². The van der Waals surface area contributed by atoms with Crippen LogP contribution >= 0.6 is 11.8 Å². The third-order valence-corrected chi connectivity index (χ3v) is 6.29. The third-order valence-electron chi connectivity index (χ3n) is 4.24. The second kappa shape index (κ2) is 10.1. The molecule has 3 atom stereocenters. The van der Waals surface area contributed by atoms with Crippen LogP contribution in [-0.4, -0.2) is 56.8 Å². The minimum atomic E-state index is -3.66. The lowest BCUT2D eigenvalue weighted by molar-refractivity contribution is -0.140. The first-order valence-electron chi connectivity index (χ1n) is 8.73. The number of carbonyl (C=O) groups is 2. The van der Waals surface area contributed by atoms with Crippen LogP contribution in [0.5, 0.6) is 0 Å². The Morgan fingerprint density at radius 1 is 1.22 bits per heavy atom. The van der Waals surface area contributed by atoms with Crippen molar-refractivity contribution in [3.8, 4) is 0 Å². The Hall–Kier alpha value is -1.58. The van der Waals surface area contributed by atoms with Crippen LogP contribution in [0.2, 0.25) is 0 Å². The maximum atomic E-state index is 12.4. The zero-order valence-electron chi connectivity index (χ0n) is 15.4. The lowest BCUT2D eigenvalue weighted by atomic mass is 10.0. The molecular formula is C18H25NO6S2. The first-order chi connectivity index (χ1) is 12.8. The van der Waals surface area contributed by atoms with Crippen LogP contribution in [-0.2, 0) is 23.8 Å². The Labute approximate surface area is 164 Å². The molecule has 27 heavy (non-hydrogen) atoms. The number of methoxy groups -OCH3 is 1. The van der Waals surface area contributed by atoms with Gasteiger partial charge in [0.2, 0.25) is 0 Å². The van der Waals surface area contributed by atoms with Gasteiger partial charge in [0.25, 0.3) is 16.0 Å². The SMILES string of the molecule is COC(=O)CCCC[C@@H]1SC[C@@H](NC(=O)c2ccccc2)[C@H]1OS(C)(=O)=O. The average Bonchev–Trinajstić information content (AvgIpc) is 2.99. The van der Waals surface area contributed by atoms with E-state index in [0.29, 0.717) is 30.6 Å². The highest BCUT2D eigenvalue weighted by molar-refractivity contribution is 8.00. The van der Waals surface area contributed by atoms with E-state index < -0.39 is 22.3 Å². The predicted molar refractivity (Wildman–Crippen MR) is 104 cm³/mol. The van der Waals surface area contributed by atoms with Crippen molar-refractivity contribution in [1.82, 2.24) is 5.32 Å². The summed E-state index contributed by atoms with van der Waals surface area (Å²) >= 11 is 1.58. The molecule has 1 saturated heterocycles. The first kappa shape index (κ1) is 21.7. The lowest BCUT2D eigenvalue weighted by Gasteiger charge is -2.24. The van der Waals surface area contributed by atoms with Gasteiger partial charge in [-0.2, -0.15) is 20.2 Å². The molecule has 1 heterocycles. The van der Waals surface area contributed by atoms with Gasteiger partial charge >= 0.3 is 5.97 Å². The van der Waals surface area contributed by atoms with Gasteiger partial charge in [0.1, 0.15) is 6.10 Å². The summed E-state index contributed by atoms with van der Waals surface area (Å²) < 4.78 is 33.3. The Morgan fingerprint density at radius 2 is 1.93 bits per heavy atom. The van der Waals surface area contributed by atoms with Gasteiger partial charge in [0.15, 0.2) is 0 Å². The highest BCUT2D eigenvalue weighted by atomic mass is 32.2. The van der Waals surface area contributed by atoms with Crippen LogP contribution in [0, 0.1) is 0 Å². The number of benzene rings is 1. The Kier molecular flexibility index (Phi) is 8.12. The van der Waals surface area contributed by atoms with Crippen molar-refractivity contribution in [2.75, 3.05) is 19.1 Å². The molecule has 1 aromatic rings. The van der Waals surface area contributed by atoms with Gasteiger partial charge in [-0.3, -0.25) is 13.8 Å². The number of nitrogens with one attached hydrogen (secondary N) is 1. The molecule has 1 fully saturated rings. The highest BCUT2D eigenvalue weighted by Gasteiger charge is 2.40. The summed E-state index contributed by atoms with van der Waals surface area (Å²) in [5.74, 6) is 0.0566. The van der Waals surface area contributed by atoms with Gasteiger partial charge in [0.05, 0.1) is 19.4 Å². The van der Waals surface area contributed by atoms with E-state index in [2.05, 4.69) is 10.1 Å². The van der Waals surface area contributed by atoms with Crippen molar-refractivity contribution in [1.29, 1.82) is 0 Å². The molecule has 0 aromatic heterocycles.